The molecule has 0 atom stereocenters. The van der Waals surface area contributed by atoms with Crippen molar-refractivity contribution in [1.82, 2.24) is 10.2 Å². The first-order valence-corrected chi connectivity index (χ1v) is 9.91. The van der Waals surface area contributed by atoms with Crippen LogP contribution in [0.3, 0.4) is 0 Å². The Morgan fingerprint density at radius 3 is 2.57 bits per heavy atom. The van der Waals surface area contributed by atoms with Crippen molar-refractivity contribution in [1.29, 1.82) is 0 Å². The largest absolute Gasteiger partial charge is 0.497 e. The summed E-state index contributed by atoms with van der Waals surface area (Å²) in [6.07, 6.45) is 0.294. The highest BCUT2D eigenvalue weighted by Crippen LogP contribution is 2.22. The third-order valence-electron chi connectivity index (χ3n) is 4.95. The number of nitrogens with one attached hydrogen (secondary N) is 1. The maximum absolute atomic E-state index is 12.4. The lowest BCUT2D eigenvalue weighted by molar-refractivity contribution is -0.115. The van der Waals surface area contributed by atoms with Gasteiger partial charge in [0.25, 0.3) is 0 Å². The van der Waals surface area contributed by atoms with Gasteiger partial charge in [0.2, 0.25) is 5.91 Å². The zero-order chi connectivity index (χ0) is 20.8. The first-order valence-electron chi connectivity index (χ1n) is 9.91. The Hall–Kier alpha value is -3.45. The van der Waals surface area contributed by atoms with E-state index in [4.69, 9.17) is 9.47 Å². The molecule has 1 N–H and O–H groups in total. The monoisotopic (exact) mass is 404 g/mol. The van der Waals surface area contributed by atoms with E-state index in [1.165, 1.54) is 0 Å². The van der Waals surface area contributed by atoms with E-state index in [1.54, 1.807) is 7.11 Å². The van der Waals surface area contributed by atoms with Crippen molar-refractivity contribution in [3.05, 3.63) is 66.2 Å². The van der Waals surface area contributed by atoms with Gasteiger partial charge in [0.15, 0.2) is 5.82 Å². The van der Waals surface area contributed by atoms with Gasteiger partial charge in [0, 0.05) is 24.3 Å². The van der Waals surface area contributed by atoms with Crippen LogP contribution in [0.4, 0.5) is 11.5 Å². The van der Waals surface area contributed by atoms with E-state index in [9.17, 15) is 4.79 Å². The Bertz CT molecular complexity index is 984. The van der Waals surface area contributed by atoms with Crippen molar-refractivity contribution >= 4 is 17.4 Å². The summed E-state index contributed by atoms with van der Waals surface area (Å²) < 4.78 is 10.5. The van der Waals surface area contributed by atoms with Crippen LogP contribution in [0.2, 0.25) is 0 Å². The van der Waals surface area contributed by atoms with Crippen molar-refractivity contribution < 1.29 is 14.3 Å². The normalized spacial score (nSPS) is 13.7. The molecule has 0 spiro atoms. The van der Waals surface area contributed by atoms with Crippen LogP contribution in [0.1, 0.15) is 5.56 Å². The summed E-state index contributed by atoms with van der Waals surface area (Å²) in [6, 6.07) is 19.0. The number of anilines is 2. The molecule has 1 aliphatic heterocycles. The van der Waals surface area contributed by atoms with Crippen LogP contribution < -0.4 is 15.0 Å². The van der Waals surface area contributed by atoms with Crippen molar-refractivity contribution in [2.45, 2.75) is 6.42 Å². The molecule has 0 radical (unpaired) electrons. The second-order valence-electron chi connectivity index (χ2n) is 7.03. The predicted octanol–water partition coefficient (Wildman–Crippen LogP) is 3.17. The van der Waals surface area contributed by atoms with Crippen LogP contribution in [0.5, 0.6) is 5.75 Å². The molecule has 1 aliphatic rings. The van der Waals surface area contributed by atoms with Gasteiger partial charge in [-0.25, -0.2) is 0 Å². The standard InChI is InChI=1S/C23H24N4O3/c1-29-20-7-5-17(6-8-20)15-23(28)24-19-4-2-3-18(16-19)21-9-10-22(26-25-21)27-11-13-30-14-12-27/h2-10,16H,11-15H2,1H3,(H,24,28). The first kappa shape index (κ1) is 19.8. The Balaban J connectivity index is 1.41. The molecule has 4 rings (SSSR count). The molecule has 3 aromatic rings. The predicted molar refractivity (Wildman–Crippen MR) is 116 cm³/mol. The molecule has 2 aromatic carbocycles. The zero-order valence-electron chi connectivity index (χ0n) is 16.9. The van der Waals surface area contributed by atoms with Crippen LogP contribution in [0.15, 0.2) is 60.7 Å². The topological polar surface area (TPSA) is 76.6 Å². The Morgan fingerprint density at radius 1 is 1.07 bits per heavy atom. The molecule has 1 fully saturated rings. The molecule has 7 heteroatoms. The van der Waals surface area contributed by atoms with Crippen LogP contribution in [0, 0.1) is 0 Å². The summed E-state index contributed by atoms with van der Waals surface area (Å²) >= 11 is 0. The maximum Gasteiger partial charge on any atom is 0.228 e. The molecule has 2 heterocycles. The number of rotatable bonds is 6. The third kappa shape index (κ3) is 4.93. The lowest BCUT2D eigenvalue weighted by Gasteiger charge is -2.27. The fourth-order valence-electron chi connectivity index (χ4n) is 3.33. The molecule has 30 heavy (non-hydrogen) atoms. The van der Waals surface area contributed by atoms with Gasteiger partial charge in [-0.3, -0.25) is 4.79 Å². The quantitative estimate of drug-likeness (QED) is 0.680. The lowest BCUT2D eigenvalue weighted by Crippen LogP contribution is -2.36. The Kier molecular flexibility index (Phi) is 6.20. The van der Waals surface area contributed by atoms with E-state index in [2.05, 4.69) is 20.4 Å². The second-order valence-corrected chi connectivity index (χ2v) is 7.03. The lowest BCUT2D eigenvalue weighted by atomic mass is 10.1. The SMILES string of the molecule is COc1ccc(CC(=O)Nc2cccc(-c3ccc(N4CCOCC4)nn3)c2)cc1. The van der Waals surface area contributed by atoms with Crippen LogP contribution in [-0.2, 0) is 16.0 Å². The molecular weight excluding hydrogens is 380 g/mol. The van der Waals surface area contributed by atoms with Crippen molar-refractivity contribution in [2.75, 3.05) is 43.6 Å². The van der Waals surface area contributed by atoms with Crippen molar-refractivity contribution in [2.24, 2.45) is 0 Å². The van der Waals surface area contributed by atoms with Gasteiger partial charge in [-0.2, -0.15) is 0 Å². The van der Waals surface area contributed by atoms with Gasteiger partial charge in [0.1, 0.15) is 5.75 Å². The Morgan fingerprint density at radius 2 is 1.87 bits per heavy atom. The van der Waals surface area contributed by atoms with Gasteiger partial charge >= 0.3 is 0 Å². The molecule has 7 nitrogen and oxygen atoms in total. The molecule has 154 valence electrons. The highest BCUT2D eigenvalue weighted by Gasteiger charge is 2.13. The van der Waals surface area contributed by atoms with E-state index in [-0.39, 0.29) is 5.91 Å². The Labute approximate surface area is 175 Å². The smallest absolute Gasteiger partial charge is 0.228 e. The highest BCUT2D eigenvalue weighted by molar-refractivity contribution is 5.92. The number of hydrogen-bond acceptors (Lipinski definition) is 6. The minimum atomic E-state index is -0.0777. The molecule has 0 unspecified atom stereocenters. The number of methoxy groups -OCH3 is 1. The second kappa shape index (κ2) is 9.37. The number of aromatic nitrogens is 2. The molecule has 1 aromatic heterocycles. The van der Waals surface area contributed by atoms with Gasteiger partial charge < -0.3 is 19.7 Å². The van der Waals surface area contributed by atoms with Crippen molar-refractivity contribution in [3.63, 3.8) is 0 Å². The minimum Gasteiger partial charge on any atom is -0.497 e. The molecule has 0 bridgehead atoms. The summed E-state index contributed by atoms with van der Waals surface area (Å²) in [4.78, 5) is 14.6. The number of morpholine rings is 1. The number of amides is 1. The number of nitrogens with zero attached hydrogens (tertiary/aromatic N) is 3. The van der Waals surface area contributed by atoms with Crippen LogP contribution >= 0.6 is 0 Å². The number of carbonyl (C=O) groups is 1. The van der Waals surface area contributed by atoms with Crippen molar-refractivity contribution in [3.8, 4) is 17.0 Å². The van der Waals surface area contributed by atoms with Crippen LogP contribution in [0.25, 0.3) is 11.3 Å². The van der Waals surface area contributed by atoms with E-state index in [1.807, 2.05) is 60.7 Å². The minimum absolute atomic E-state index is 0.0777. The van der Waals surface area contributed by atoms with Gasteiger partial charge in [0.05, 0.1) is 32.4 Å². The van der Waals surface area contributed by atoms with Gasteiger partial charge in [-0.15, -0.1) is 10.2 Å². The molecule has 1 amide bonds. The fraction of sp³-hybridized carbons (Fsp3) is 0.261. The highest BCUT2D eigenvalue weighted by atomic mass is 16.5. The summed E-state index contributed by atoms with van der Waals surface area (Å²) in [5, 5.41) is 11.7. The maximum atomic E-state index is 12.4. The molecule has 0 aliphatic carbocycles. The number of benzene rings is 2. The van der Waals surface area contributed by atoms with Crippen LogP contribution in [-0.4, -0.2) is 49.5 Å². The molecule has 0 saturated carbocycles. The third-order valence-corrected chi connectivity index (χ3v) is 4.95. The molecule has 1 saturated heterocycles. The van der Waals surface area contributed by atoms with E-state index in [0.717, 1.165) is 47.2 Å². The average Bonchev–Trinajstić information content (AvgIpc) is 2.80. The van der Waals surface area contributed by atoms with E-state index >= 15 is 0 Å². The fourth-order valence-corrected chi connectivity index (χ4v) is 3.33. The zero-order valence-corrected chi connectivity index (χ0v) is 16.9. The summed E-state index contributed by atoms with van der Waals surface area (Å²) in [5.41, 5.74) is 3.32. The average molecular weight is 404 g/mol. The van der Waals surface area contributed by atoms with Gasteiger partial charge in [-0.1, -0.05) is 24.3 Å². The number of ether oxygens (including phenoxy) is 2. The first-order chi connectivity index (χ1) is 14.7. The molecular formula is C23H24N4O3. The van der Waals surface area contributed by atoms with E-state index < -0.39 is 0 Å². The summed E-state index contributed by atoms with van der Waals surface area (Å²) in [5.74, 6) is 1.55. The number of carbonyl (C=O) groups excluding carboxylic acids is 1. The van der Waals surface area contributed by atoms with E-state index in [0.29, 0.717) is 19.6 Å². The number of hydrogen-bond donors (Lipinski definition) is 1. The summed E-state index contributed by atoms with van der Waals surface area (Å²) in [6.45, 7) is 3.07. The summed E-state index contributed by atoms with van der Waals surface area (Å²) in [7, 11) is 1.62. The van der Waals surface area contributed by atoms with Gasteiger partial charge in [-0.05, 0) is 42.0 Å².